The Kier molecular flexibility index (Phi) is 4.84. The summed E-state index contributed by atoms with van der Waals surface area (Å²) in [6.07, 6.45) is 0. The van der Waals surface area contributed by atoms with Gasteiger partial charge >= 0.3 is 0 Å². The molecule has 2 rings (SSSR count). The topological polar surface area (TPSA) is 55.0 Å². The van der Waals surface area contributed by atoms with Crippen LogP contribution in [-0.2, 0) is 0 Å². The highest BCUT2D eigenvalue weighted by Crippen LogP contribution is 2.17. The van der Waals surface area contributed by atoms with Gasteiger partial charge in [0.15, 0.2) is 5.16 Å². The zero-order valence-electron chi connectivity index (χ0n) is 11.9. The minimum absolute atomic E-state index is 0.116. The number of rotatable bonds is 5. The first-order valence-electron chi connectivity index (χ1n) is 6.45. The van der Waals surface area contributed by atoms with Gasteiger partial charge in [-0.1, -0.05) is 17.8 Å². The number of nitrogens with one attached hydrogen (secondary N) is 1. The molecule has 0 bridgehead atoms. The number of thioether (sulfide) groups is 1. The highest BCUT2D eigenvalue weighted by Gasteiger charge is 2.01. The average Bonchev–Trinajstić information content (AvgIpc) is 2.32. The molecule has 0 aliphatic carbocycles. The summed E-state index contributed by atoms with van der Waals surface area (Å²) < 4.78 is 5.71. The second-order valence-electron chi connectivity index (χ2n) is 4.71. The van der Waals surface area contributed by atoms with Gasteiger partial charge in [0.1, 0.15) is 5.75 Å². The maximum Gasteiger partial charge on any atom is 0.251 e. The van der Waals surface area contributed by atoms with Gasteiger partial charge in [-0.15, -0.1) is 0 Å². The molecule has 0 atom stereocenters. The molecular weight excluding hydrogens is 272 g/mol. The number of nitrogens with zero attached hydrogens (tertiary/aromatic N) is 1. The Hall–Kier alpha value is -1.75. The molecule has 1 aromatic heterocycles. The van der Waals surface area contributed by atoms with Crippen LogP contribution in [-0.4, -0.2) is 22.3 Å². The second-order valence-corrected chi connectivity index (χ2v) is 5.80. The summed E-state index contributed by atoms with van der Waals surface area (Å²) in [4.78, 5) is 18.3. The van der Waals surface area contributed by atoms with Crippen LogP contribution in [0, 0.1) is 20.8 Å². The first-order valence-corrected chi connectivity index (χ1v) is 7.43. The second kappa shape index (κ2) is 6.61. The number of aryl methyl sites for hydroxylation is 3. The lowest BCUT2D eigenvalue weighted by molar-refractivity contribution is 0.343. The quantitative estimate of drug-likeness (QED) is 0.522. The summed E-state index contributed by atoms with van der Waals surface area (Å²) in [5.41, 5.74) is 3.00. The van der Waals surface area contributed by atoms with Crippen LogP contribution in [0.5, 0.6) is 5.75 Å². The third-order valence-electron chi connectivity index (χ3n) is 2.63. The molecule has 0 fully saturated rings. The zero-order valence-corrected chi connectivity index (χ0v) is 12.7. The Morgan fingerprint density at radius 2 is 1.85 bits per heavy atom. The van der Waals surface area contributed by atoms with Crippen LogP contribution in [0.4, 0.5) is 0 Å². The van der Waals surface area contributed by atoms with Crippen LogP contribution in [0.2, 0.25) is 0 Å². The van der Waals surface area contributed by atoms with Crippen molar-refractivity contribution in [2.75, 3.05) is 12.4 Å². The summed E-state index contributed by atoms with van der Waals surface area (Å²) in [5, 5.41) is 0.638. The predicted molar refractivity (Wildman–Crippen MR) is 81.7 cm³/mol. The Labute approximate surface area is 122 Å². The number of benzene rings is 1. The fourth-order valence-corrected chi connectivity index (χ4v) is 2.68. The minimum Gasteiger partial charge on any atom is -0.493 e. The maximum absolute atomic E-state index is 11.3. The molecular formula is C15H18N2O2S. The van der Waals surface area contributed by atoms with Gasteiger partial charge < -0.3 is 9.72 Å². The Morgan fingerprint density at radius 3 is 2.50 bits per heavy atom. The standard InChI is InChI=1S/C15H18N2O2S/c1-10-6-11(2)8-13(7-10)19-4-5-20-15-16-12(3)9-14(18)17-15/h6-9H,4-5H2,1-3H3,(H,16,17,18). The fourth-order valence-electron chi connectivity index (χ4n) is 1.93. The van der Waals surface area contributed by atoms with Gasteiger partial charge in [0.25, 0.3) is 5.56 Å². The van der Waals surface area contributed by atoms with Crippen LogP contribution in [0.25, 0.3) is 0 Å². The molecule has 106 valence electrons. The molecule has 0 radical (unpaired) electrons. The van der Waals surface area contributed by atoms with Gasteiger partial charge in [-0.2, -0.15) is 0 Å². The van der Waals surface area contributed by atoms with Crippen molar-refractivity contribution < 1.29 is 4.74 Å². The van der Waals surface area contributed by atoms with Gasteiger partial charge in [-0.3, -0.25) is 4.79 Å². The van der Waals surface area contributed by atoms with E-state index in [1.807, 2.05) is 19.1 Å². The van der Waals surface area contributed by atoms with Crippen molar-refractivity contribution in [2.45, 2.75) is 25.9 Å². The van der Waals surface area contributed by atoms with Crippen molar-refractivity contribution >= 4 is 11.8 Å². The smallest absolute Gasteiger partial charge is 0.251 e. The summed E-state index contributed by atoms with van der Waals surface area (Å²) >= 11 is 1.48. The van der Waals surface area contributed by atoms with Crippen LogP contribution >= 0.6 is 11.8 Å². The monoisotopic (exact) mass is 290 g/mol. The Morgan fingerprint density at radius 1 is 1.15 bits per heavy atom. The fraction of sp³-hybridized carbons (Fsp3) is 0.333. The van der Waals surface area contributed by atoms with E-state index in [9.17, 15) is 4.79 Å². The summed E-state index contributed by atoms with van der Waals surface area (Å²) in [7, 11) is 0. The van der Waals surface area contributed by atoms with E-state index in [1.165, 1.54) is 29.0 Å². The number of H-pyrrole nitrogens is 1. The SMILES string of the molecule is Cc1cc(C)cc(OCCSc2nc(C)cc(=O)[nH]2)c1. The van der Waals surface area contributed by atoms with Crippen molar-refractivity contribution in [3.63, 3.8) is 0 Å². The lowest BCUT2D eigenvalue weighted by Crippen LogP contribution is -2.09. The molecule has 20 heavy (non-hydrogen) atoms. The summed E-state index contributed by atoms with van der Waals surface area (Å²) in [6, 6.07) is 7.63. The molecule has 0 amide bonds. The molecule has 0 saturated carbocycles. The third-order valence-corrected chi connectivity index (χ3v) is 3.47. The van der Waals surface area contributed by atoms with Crippen LogP contribution in [0.1, 0.15) is 16.8 Å². The first kappa shape index (κ1) is 14.7. The van der Waals surface area contributed by atoms with Crippen molar-refractivity contribution in [2.24, 2.45) is 0 Å². The average molecular weight is 290 g/mol. The van der Waals surface area contributed by atoms with Crippen molar-refractivity contribution in [3.8, 4) is 5.75 Å². The summed E-state index contributed by atoms with van der Waals surface area (Å²) in [5.74, 6) is 1.62. The number of aromatic amines is 1. The number of hydrogen-bond donors (Lipinski definition) is 1. The van der Waals surface area contributed by atoms with E-state index < -0.39 is 0 Å². The van der Waals surface area contributed by atoms with Crippen molar-refractivity contribution in [1.29, 1.82) is 0 Å². The highest BCUT2D eigenvalue weighted by molar-refractivity contribution is 7.99. The molecule has 0 unspecified atom stereocenters. The predicted octanol–water partition coefficient (Wildman–Crippen LogP) is 2.87. The van der Waals surface area contributed by atoms with Crippen LogP contribution in [0.3, 0.4) is 0 Å². The maximum atomic E-state index is 11.3. The number of ether oxygens (including phenoxy) is 1. The van der Waals surface area contributed by atoms with E-state index in [0.717, 1.165) is 17.2 Å². The van der Waals surface area contributed by atoms with E-state index in [2.05, 4.69) is 29.9 Å². The third kappa shape index (κ3) is 4.42. The summed E-state index contributed by atoms with van der Waals surface area (Å²) in [6.45, 7) is 6.49. The number of hydrogen-bond acceptors (Lipinski definition) is 4. The molecule has 1 N–H and O–H groups in total. The van der Waals surface area contributed by atoms with Crippen molar-refractivity contribution in [3.05, 3.63) is 51.4 Å². The Balaban J connectivity index is 1.85. The highest BCUT2D eigenvalue weighted by atomic mass is 32.2. The Bertz CT molecular complexity index is 632. The molecule has 0 saturated heterocycles. The normalized spacial score (nSPS) is 10.6. The first-order chi connectivity index (χ1) is 9.52. The molecule has 1 heterocycles. The van der Waals surface area contributed by atoms with E-state index in [0.29, 0.717) is 11.8 Å². The molecule has 0 aliphatic heterocycles. The van der Waals surface area contributed by atoms with Gasteiger partial charge in [0.05, 0.1) is 6.61 Å². The van der Waals surface area contributed by atoms with Gasteiger partial charge in [0.2, 0.25) is 0 Å². The molecule has 0 aliphatic rings. The van der Waals surface area contributed by atoms with Gasteiger partial charge in [0, 0.05) is 17.5 Å². The van der Waals surface area contributed by atoms with E-state index in [-0.39, 0.29) is 5.56 Å². The zero-order chi connectivity index (χ0) is 14.5. The van der Waals surface area contributed by atoms with Crippen LogP contribution in [0.15, 0.2) is 34.2 Å². The van der Waals surface area contributed by atoms with E-state index in [1.54, 1.807) is 0 Å². The molecule has 2 aromatic rings. The van der Waals surface area contributed by atoms with Gasteiger partial charge in [-0.05, 0) is 44.0 Å². The van der Waals surface area contributed by atoms with Crippen LogP contribution < -0.4 is 10.3 Å². The van der Waals surface area contributed by atoms with E-state index >= 15 is 0 Å². The lowest BCUT2D eigenvalue weighted by Gasteiger charge is -2.08. The molecule has 1 aromatic carbocycles. The van der Waals surface area contributed by atoms with Crippen molar-refractivity contribution in [1.82, 2.24) is 9.97 Å². The molecule has 4 nitrogen and oxygen atoms in total. The largest absolute Gasteiger partial charge is 0.493 e. The molecule has 0 spiro atoms. The number of aromatic nitrogens is 2. The van der Waals surface area contributed by atoms with Gasteiger partial charge in [-0.25, -0.2) is 4.98 Å². The lowest BCUT2D eigenvalue weighted by atomic mass is 10.1. The molecule has 5 heteroatoms. The minimum atomic E-state index is -0.116. The van der Waals surface area contributed by atoms with E-state index in [4.69, 9.17) is 4.74 Å².